The Balaban J connectivity index is 0.000000330. The van der Waals surface area contributed by atoms with Crippen LogP contribution in [-0.4, -0.2) is 110 Å². The van der Waals surface area contributed by atoms with Crippen LogP contribution in [-0.2, 0) is 60.3 Å². The third kappa shape index (κ3) is 18.8. The van der Waals surface area contributed by atoms with Crippen LogP contribution < -0.4 is 10.6 Å². The third-order valence-electron chi connectivity index (χ3n) is 9.31. The Labute approximate surface area is 364 Å². The maximum absolute atomic E-state index is 13.3. The van der Waals surface area contributed by atoms with Crippen LogP contribution in [0.3, 0.4) is 0 Å². The van der Waals surface area contributed by atoms with Gasteiger partial charge in [-0.1, -0.05) is 37.3 Å². The van der Waals surface area contributed by atoms with E-state index in [1.165, 1.54) is 24.3 Å². The van der Waals surface area contributed by atoms with Crippen molar-refractivity contribution < 1.29 is 65.9 Å². The largest absolute Gasteiger partial charge is 0.458 e. The minimum absolute atomic E-state index is 0.183. The Hall–Kier alpha value is -4.64. The van der Waals surface area contributed by atoms with E-state index in [2.05, 4.69) is 17.2 Å². The van der Waals surface area contributed by atoms with Gasteiger partial charge in [0, 0.05) is 45.5 Å². The van der Waals surface area contributed by atoms with Gasteiger partial charge in [0.15, 0.2) is 0 Å². The van der Waals surface area contributed by atoms with Gasteiger partial charge in [0.25, 0.3) is 0 Å². The summed E-state index contributed by atoms with van der Waals surface area (Å²) in [6, 6.07) is 10.5. The van der Waals surface area contributed by atoms with Crippen molar-refractivity contribution in [1.29, 1.82) is 0 Å². The van der Waals surface area contributed by atoms with Gasteiger partial charge < -0.3 is 48.5 Å². The molecule has 0 aromatic heterocycles. The van der Waals surface area contributed by atoms with E-state index in [-0.39, 0.29) is 44.3 Å². The zero-order chi connectivity index (χ0) is 46.0. The molecule has 2 aromatic carbocycles. The summed E-state index contributed by atoms with van der Waals surface area (Å²) < 4.78 is 72.3. The molecule has 2 saturated heterocycles. The van der Waals surface area contributed by atoms with Gasteiger partial charge in [-0.3, -0.25) is 0 Å². The van der Waals surface area contributed by atoms with Crippen molar-refractivity contribution in [1.82, 2.24) is 10.6 Å². The molecule has 0 aliphatic carbocycles. The van der Waals surface area contributed by atoms with Crippen LogP contribution in [0.1, 0.15) is 92.7 Å². The molecule has 4 rings (SSSR count). The summed E-state index contributed by atoms with van der Waals surface area (Å²) in [4.78, 5) is 49.7. The number of nitrogens with one attached hydrogen (secondary N) is 2. The van der Waals surface area contributed by atoms with Crippen LogP contribution in [0.4, 0.5) is 18.4 Å². The second-order valence-corrected chi connectivity index (χ2v) is 17.2. The number of hydrogen-bond acceptors (Lipinski definition) is 12. The van der Waals surface area contributed by atoms with Crippen LogP contribution in [0.5, 0.6) is 0 Å². The molecule has 346 valence electrons. The summed E-state index contributed by atoms with van der Waals surface area (Å²) in [5, 5.41) is 5.13. The molecule has 8 atom stereocenters. The molecular formula is C46H66F2N2O12. The van der Waals surface area contributed by atoms with Crippen LogP contribution in [0.25, 0.3) is 0 Å². The van der Waals surface area contributed by atoms with Gasteiger partial charge in [-0.2, -0.15) is 0 Å². The predicted molar refractivity (Wildman–Crippen MR) is 226 cm³/mol. The second kappa shape index (κ2) is 24.9. The van der Waals surface area contributed by atoms with Gasteiger partial charge in [-0.05, 0) is 97.2 Å². The number of carbonyl (C=O) groups is 4. The number of ether oxygens (including phenoxy) is 8. The maximum atomic E-state index is 13.3. The molecule has 2 aliphatic rings. The number of rotatable bonds is 12. The number of carbonyl (C=O) groups excluding carboxylic acids is 4. The molecule has 2 fully saturated rings. The van der Waals surface area contributed by atoms with Crippen molar-refractivity contribution >= 4 is 24.1 Å². The average Bonchev–Trinajstić information content (AvgIpc) is 3.25. The summed E-state index contributed by atoms with van der Waals surface area (Å²) in [6.07, 6.45) is -0.850. The van der Waals surface area contributed by atoms with Crippen molar-refractivity contribution in [3.8, 4) is 0 Å². The monoisotopic (exact) mass is 876 g/mol. The highest BCUT2D eigenvalue weighted by Crippen LogP contribution is 2.23. The molecular weight excluding hydrogens is 811 g/mol. The third-order valence-corrected chi connectivity index (χ3v) is 9.31. The normalized spacial score (nSPS) is 25.0. The molecule has 2 aromatic rings. The summed E-state index contributed by atoms with van der Waals surface area (Å²) in [5.74, 6) is -1.78. The van der Waals surface area contributed by atoms with Gasteiger partial charge >= 0.3 is 24.1 Å². The van der Waals surface area contributed by atoms with Crippen LogP contribution in [0.15, 0.2) is 61.2 Å². The predicted octanol–water partition coefficient (Wildman–Crippen LogP) is 7.33. The summed E-state index contributed by atoms with van der Waals surface area (Å²) in [6.45, 7) is 20.7. The second-order valence-electron chi connectivity index (χ2n) is 17.2. The van der Waals surface area contributed by atoms with Crippen LogP contribution >= 0.6 is 0 Å². The molecule has 0 unspecified atom stereocenters. The number of benzene rings is 2. The fraction of sp³-hybridized carbons (Fsp3) is 0.609. The van der Waals surface area contributed by atoms with Gasteiger partial charge in [-0.15, -0.1) is 6.58 Å². The van der Waals surface area contributed by atoms with Crippen LogP contribution in [0.2, 0.25) is 0 Å². The highest BCUT2D eigenvalue weighted by molar-refractivity contribution is 5.82. The molecule has 2 N–H and O–H groups in total. The Kier molecular flexibility index (Phi) is 20.7. The smallest absolute Gasteiger partial charge is 0.408 e. The van der Waals surface area contributed by atoms with Gasteiger partial charge in [0.05, 0.1) is 18.8 Å². The first-order valence-electron chi connectivity index (χ1n) is 21.1. The summed E-state index contributed by atoms with van der Waals surface area (Å²) >= 11 is 0. The Morgan fingerprint density at radius 3 is 1.45 bits per heavy atom. The first kappa shape index (κ1) is 51.7. The van der Waals surface area contributed by atoms with E-state index in [0.29, 0.717) is 19.4 Å². The van der Waals surface area contributed by atoms with Gasteiger partial charge in [-0.25, -0.2) is 28.0 Å². The SMILES string of the molecule is C=CCO[C@H]1[C@H](C)OC(=O)[C@@H](NC(=O)OC(C)(C)C)CCO[C@@H]1Cc1ccc(F)cc1.CCCO[C@H]1[C@H](C)OC(=O)[C@@H](NC(=O)OC(C)(C)C)CCO[C@@H]1Cc1ccc(F)cc1. The molecule has 16 heteroatoms. The summed E-state index contributed by atoms with van der Waals surface area (Å²) in [7, 11) is 0. The number of alkyl carbamates (subject to hydrolysis) is 2. The van der Waals surface area contributed by atoms with E-state index in [9.17, 15) is 28.0 Å². The fourth-order valence-electron chi connectivity index (χ4n) is 6.51. The zero-order valence-electron chi connectivity index (χ0n) is 37.5. The molecule has 14 nitrogen and oxygen atoms in total. The minimum Gasteiger partial charge on any atom is -0.458 e. The molecule has 2 aliphatic heterocycles. The molecule has 0 spiro atoms. The molecule has 0 radical (unpaired) electrons. The van der Waals surface area contributed by atoms with E-state index in [4.69, 9.17) is 37.9 Å². The zero-order valence-corrected chi connectivity index (χ0v) is 37.5. The Morgan fingerprint density at radius 2 is 1.10 bits per heavy atom. The van der Waals surface area contributed by atoms with Crippen LogP contribution in [0, 0.1) is 11.6 Å². The fourth-order valence-corrected chi connectivity index (χ4v) is 6.51. The maximum Gasteiger partial charge on any atom is 0.408 e. The van der Waals surface area contributed by atoms with Crippen molar-refractivity contribution in [2.45, 2.75) is 154 Å². The molecule has 62 heavy (non-hydrogen) atoms. The lowest BCUT2D eigenvalue weighted by Crippen LogP contribution is -2.46. The minimum atomic E-state index is -0.915. The summed E-state index contributed by atoms with van der Waals surface area (Å²) in [5.41, 5.74) is 0.369. The number of cyclic esters (lactones) is 2. The number of esters is 2. The van der Waals surface area contributed by atoms with Gasteiger partial charge in [0.1, 0.15) is 59.3 Å². The average molecular weight is 877 g/mol. The standard InChI is InChI=1S/C23H34FNO6.C23H32FNO6/c2*1-6-12-29-20-15(2)30-21(26)18(25-22(27)31-23(3,4)5)11-13-28-19(20)14-16-7-9-17(24)10-8-16/h7-10,15,18-20H,6,11-14H2,1-5H3,(H,25,27);6-10,15,18-20H,1,11-14H2,2-5H3,(H,25,27)/t2*15-,18-,19+,20-/m00/s1. The number of amides is 2. The number of halogens is 2. The highest BCUT2D eigenvalue weighted by Gasteiger charge is 2.38. The van der Waals surface area contributed by atoms with E-state index in [0.717, 1.165) is 17.5 Å². The van der Waals surface area contributed by atoms with E-state index in [1.54, 1.807) is 85.7 Å². The first-order chi connectivity index (χ1) is 29.2. The Bertz CT molecular complexity index is 1710. The lowest BCUT2D eigenvalue weighted by atomic mass is 10.0. The lowest BCUT2D eigenvalue weighted by Gasteiger charge is -2.31. The highest BCUT2D eigenvalue weighted by atomic mass is 19.1. The van der Waals surface area contributed by atoms with E-state index in [1.807, 2.05) is 6.92 Å². The van der Waals surface area contributed by atoms with Gasteiger partial charge in [0.2, 0.25) is 0 Å². The number of hydrogen-bond donors (Lipinski definition) is 2. The van der Waals surface area contributed by atoms with Crippen molar-refractivity contribution in [2.75, 3.05) is 26.4 Å². The quantitative estimate of drug-likeness (QED) is 0.124. The van der Waals surface area contributed by atoms with Crippen molar-refractivity contribution in [2.24, 2.45) is 0 Å². The van der Waals surface area contributed by atoms with E-state index >= 15 is 0 Å². The topological polar surface area (TPSA) is 166 Å². The van der Waals surface area contributed by atoms with E-state index < -0.39 is 84.0 Å². The van der Waals surface area contributed by atoms with Crippen molar-refractivity contribution in [3.63, 3.8) is 0 Å². The molecule has 2 heterocycles. The first-order valence-corrected chi connectivity index (χ1v) is 21.1. The molecule has 0 bridgehead atoms. The van der Waals surface area contributed by atoms with Crippen molar-refractivity contribution in [3.05, 3.63) is 83.9 Å². The lowest BCUT2D eigenvalue weighted by molar-refractivity contribution is -0.164. The Morgan fingerprint density at radius 1 is 0.710 bits per heavy atom. The molecule has 2 amide bonds. The molecule has 0 saturated carbocycles.